The third-order valence-electron chi connectivity index (χ3n) is 3.62. The van der Waals surface area contributed by atoms with Gasteiger partial charge in [-0.15, -0.1) is 0 Å². The van der Waals surface area contributed by atoms with Crippen molar-refractivity contribution in [1.82, 2.24) is 4.90 Å². The van der Waals surface area contributed by atoms with Crippen molar-refractivity contribution in [3.8, 4) is 0 Å². The lowest BCUT2D eigenvalue weighted by atomic mass is 10.1. The van der Waals surface area contributed by atoms with Crippen LogP contribution in [0.25, 0.3) is 6.08 Å². The number of rotatable bonds is 1. The molecule has 0 bridgehead atoms. The Kier molecular flexibility index (Phi) is 2.52. The maximum Gasteiger partial charge on any atom is 0.123 e. The van der Waals surface area contributed by atoms with Crippen molar-refractivity contribution in [3.05, 3.63) is 41.2 Å². The van der Waals surface area contributed by atoms with Crippen molar-refractivity contribution >= 4 is 6.08 Å². The zero-order valence-corrected chi connectivity index (χ0v) is 9.32. The van der Waals surface area contributed by atoms with Crippen LogP contribution >= 0.6 is 0 Å². The van der Waals surface area contributed by atoms with E-state index in [1.807, 2.05) is 6.07 Å². The molecule has 2 fully saturated rings. The van der Waals surface area contributed by atoms with E-state index in [-0.39, 0.29) is 5.82 Å². The summed E-state index contributed by atoms with van der Waals surface area (Å²) in [5, 5.41) is 0. The molecule has 0 spiro atoms. The van der Waals surface area contributed by atoms with Crippen LogP contribution < -0.4 is 0 Å². The van der Waals surface area contributed by atoms with Gasteiger partial charge in [0.1, 0.15) is 5.82 Å². The summed E-state index contributed by atoms with van der Waals surface area (Å²) in [6.45, 7) is 2.33. The molecule has 0 aromatic heterocycles. The second kappa shape index (κ2) is 4.02. The maximum absolute atomic E-state index is 13.0. The summed E-state index contributed by atoms with van der Waals surface area (Å²) in [5.41, 5.74) is 2.45. The molecule has 3 rings (SSSR count). The van der Waals surface area contributed by atoms with E-state index >= 15 is 0 Å². The van der Waals surface area contributed by atoms with Gasteiger partial charge in [0.15, 0.2) is 0 Å². The number of benzene rings is 1. The fraction of sp³-hybridized carbons (Fsp3) is 0.429. The summed E-state index contributed by atoms with van der Waals surface area (Å²) in [5.74, 6) is -0.146. The first-order valence-electron chi connectivity index (χ1n) is 6.00. The van der Waals surface area contributed by atoms with Crippen LogP contribution in [0.3, 0.4) is 0 Å². The maximum atomic E-state index is 13.0. The van der Waals surface area contributed by atoms with Crippen molar-refractivity contribution in [3.63, 3.8) is 0 Å². The third kappa shape index (κ3) is 1.90. The summed E-state index contributed by atoms with van der Waals surface area (Å²) < 4.78 is 13.0. The van der Waals surface area contributed by atoms with Gasteiger partial charge < -0.3 is 0 Å². The van der Waals surface area contributed by atoms with Crippen LogP contribution in [0, 0.1) is 5.82 Å². The van der Waals surface area contributed by atoms with Gasteiger partial charge >= 0.3 is 0 Å². The van der Waals surface area contributed by atoms with E-state index in [9.17, 15) is 4.39 Å². The fourth-order valence-electron chi connectivity index (χ4n) is 2.90. The summed E-state index contributed by atoms with van der Waals surface area (Å²) >= 11 is 0. The van der Waals surface area contributed by atoms with Crippen LogP contribution in [0.2, 0.25) is 0 Å². The Bertz CT molecular complexity index is 410. The Labute approximate surface area is 95.6 Å². The molecule has 0 saturated carbocycles. The van der Waals surface area contributed by atoms with Crippen LogP contribution in [-0.2, 0) is 0 Å². The highest BCUT2D eigenvalue weighted by atomic mass is 19.1. The van der Waals surface area contributed by atoms with Crippen LogP contribution in [0.5, 0.6) is 0 Å². The topological polar surface area (TPSA) is 3.24 Å². The lowest BCUT2D eigenvalue weighted by molar-refractivity contribution is 0.327. The summed E-state index contributed by atoms with van der Waals surface area (Å²) in [7, 11) is 0. The van der Waals surface area contributed by atoms with E-state index in [2.05, 4.69) is 11.0 Å². The second-order valence-corrected chi connectivity index (χ2v) is 4.83. The minimum atomic E-state index is -0.146. The Morgan fingerprint density at radius 1 is 1.38 bits per heavy atom. The normalized spacial score (nSPS) is 27.6. The summed E-state index contributed by atoms with van der Waals surface area (Å²) in [4.78, 5) is 2.55. The molecule has 84 valence electrons. The molecule has 0 amide bonds. The van der Waals surface area contributed by atoms with Crippen molar-refractivity contribution in [2.45, 2.75) is 25.3 Å². The molecule has 2 saturated heterocycles. The van der Waals surface area contributed by atoms with Crippen molar-refractivity contribution in [1.29, 1.82) is 0 Å². The molecule has 0 radical (unpaired) electrons. The number of hydrogen-bond acceptors (Lipinski definition) is 1. The molecular weight excluding hydrogens is 201 g/mol. The second-order valence-electron chi connectivity index (χ2n) is 4.83. The predicted octanol–water partition coefficient (Wildman–Crippen LogP) is 3.08. The lowest BCUT2D eigenvalue weighted by Gasteiger charge is -2.11. The lowest BCUT2D eigenvalue weighted by Crippen LogP contribution is -2.21. The van der Waals surface area contributed by atoms with Crippen molar-refractivity contribution in [2.24, 2.45) is 0 Å². The first-order chi connectivity index (χ1) is 7.81. The molecule has 16 heavy (non-hydrogen) atoms. The van der Waals surface area contributed by atoms with E-state index in [0.717, 1.165) is 18.2 Å². The van der Waals surface area contributed by atoms with Gasteiger partial charge in [-0.2, -0.15) is 0 Å². The molecule has 2 heteroatoms. The molecule has 2 aliphatic rings. The zero-order valence-electron chi connectivity index (χ0n) is 9.32. The molecule has 0 N–H and O–H groups in total. The first-order valence-corrected chi connectivity index (χ1v) is 6.00. The Balaban J connectivity index is 1.79. The van der Waals surface area contributed by atoms with Gasteiger partial charge in [0.2, 0.25) is 0 Å². The van der Waals surface area contributed by atoms with E-state index < -0.39 is 0 Å². The third-order valence-corrected chi connectivity index (χ3v) is 3.62. The first kappa shape index (κ1) is 10.0. The quantitative estimate of drug-likeness (QED) is 0.698. The number of nitrogens with zero attached hydrogens (tertiary/aromatic N) is 1. The van der Waals surface area contributed by atoms with Crippen LogP contribution in [0.4, 0.5) is 4.39 Å². The van der Waals surface area contributed by atoms with E-state index in [0.29, 0.717) is 0 Å². The Morgan fingerprint density at radius 2 is 2.31 bits per heavy atom. The van der Waals surface area contributed by atoms with E-state index in [1.165, 1.54) is 37.4 Å². The average molecular weight is 217 g/mol. The molecule has 0 aliphatic carbocycles. The molecule has 1 nitrogen and oxygen atoms in total. The molecule has 1 atom stereocenters. The van der Waals surface area contributed by atoms with Gasteiger partial charge in [-0.05, 0) is 43.5 Å². The van der Waals surface area contributed by atoms with E-state index in [1.54, 1.807) is 12.1 Å². The summed E-state index contributed by atoms with van der Waals surface area (Å²) in [6, 6.07) is 7.61. The Hall–Kier alpha value is -1.15. The average Bonchev–Trinajstić information content (AvgIpc) is 2.77. The Morgan fingerprint density at radius 3 is 3.12 bits per heavy atom. The highest BCUT2D eigenvalue weighted by Crippen LogP contribution is 2.31. The molecule has 1 unspecified atom stereocenters. The smallest absolute Gasteiger partial charge is 0.123 e. The van der Waals surface area contributed by atoms with Crippen molar-refractivity contribution < 1.29 is 4.39 Å². The highest BCUT2D eigenvalue weighted by molar-refractivity contribution is 5.54. The minimum absolute atomic E-state index is 0.146. The molecule has 2 heterocycles. The number of hydrogen-bond donors (Lipinski definition) is 0. The van der Waals surface area contributed by atoms with Gasteiger partial charge in [0.25, 0.3) is 0 Å². The molecular formula is C14H16FN. The highest BCUT2D eigenvalue weighted by Gasteiger charge is 2.31. The van der Waals surface area contributed by atoms with Gasteiger partial charge in [0.05, 0.1) is 0 Å². The molecule has 1 aromatic rings. The van der Waals surface area contributed by atoms with E-state index in [4.69, 9.17) is 0 Å². The van der Waals surface area contributed by atoms with Crippen molar-refractivity contribution in [2.75, 3.05) is 13.1 Å². The fourth-order valence-corrected chi connectivity index (χ4v) is 2.90. The van der Waals surface area contributed by atoms with Crippen LogP contribution in [0.15, 0.2) is 29.8 Å². The SMILES string of the molecule is Fc1cccc(/C=C2/CC3CCCN3C2)c1. The minimum Gasteiger partial charge on any atom is -0.296 e. The largest absolute Gasteiger partial charge is 0.296 e. The van der Waals surface area contributed by atoms with Crippen LogP contribution in [-0.4, -0.2) is 24.0 Å². The molecule has 1 aromatic carbocycles. The zero-order chi connectivity index (χ0) is 11.0. The monoisotopic (exact) mass is 217 g/mol. The van der Waals surface area contributed by atoms with Gasteiger partial charge in [-0.3, -0.25) is 4.90 Å². The predicted molar refractivity (Wildman–Crippen MR) is 63.6 cm³/mol. The van der Waals surface area contributed by atoms with Crippen LogP contribution in [0.1, 0.15) is 24.8 Å². The number of halogens is 1. The summed E-state index contributed by atoms with van der Waals surface area (Å²) in [6.07, 6.45) is 6.01. The van der Waals surface area contributed by atoms with Gasteiger partial charge in [-0.1, -0.05) is 23.8 Å². The van der Waals surface area contributed by atoms with Gasteiger partial charge in [0, 0.05) is 12.6 Å². The standard InChI is InChI=1S/C14H16FN/c15-13-4-1-3-11(8-13)7-12-9-14-5-2-6-16(14)10-12/h1,3-4,7-8,14H,2,5-6,9-10H2/b12-7-. The number of fused-ring (bicyclic) bond motifs is 1. The van der Waals surface area contributed by atoms with Gasteiger partial charge in [-0.25, -0.2) is 4.39 Å². The molecule has 2 aliphatic heterocycles.